The van der Waals surface area contributed by atoms with Crippen LogP contribution in [0.15, 0.2) is 30.3 Å². The van der Waals surface area contributed by atoms with E-state index in [4.69, 9.17) is 0 Å². The summed E-state index contributed by atoms with van der Waals surface area (Å²) in [5.41, 5.74) is 0.147. The highest BCUT2D eigenvalue weighted by Gasteiger charge is 2.43. The third-order valence-electron chi connectivity index (χ3n) is 3.28. The molecule has 1 N–H and O–H groups in total. The van der Waals surface area contributed by atoms with Crippen LogP contribution in [0, 0.1) is 10.8 Å². The molecule has 1 rings (SSSR count). The van der Waals surface area contributed by atoms with Gasteiger partial charge in [-0.05, 0) is 22.8 Å². The molecule has 0 heterocycles. The molecule has 1 nitrogen and oxygen atoms in total. The number of hydrogen-bond donors (Lipinski definition) is 1. The molecule has 1 unspecified atom stereocenters. The summed E-state index contributed by atoms with van der Waals surface area (Å²) >= 11 is 0. The Hall–Kier alpha value is -0.820. The zero-order valence-electron chi connectivity index (χ0n) is 12.0. The standard InChI is InChI=1S/C16H26O/c1-14(2,3)12-16(17,15(4,5)6)13-10-8-7-9-11-13/h7-11,17H,12H2,1-6H3. The zero-order chi connectivity index (χ0) is 13.3. The molecule has 0 saturated heterocycles. The fourth-order valence-corrected chi connectivity index (χ4v) is 2.28. The molecule has 1 atom stereocenters. The van der Waals surface area contributed by atoms with E-state index in [9.17, 15) is 5.11 Å². The van der Waals surface area contributed by atoms with E-state index >= 15 is 0 Å². The van der Waals surface area contributed by atoms with Crippen molar-refractivity contribution in [2.75, 3.05) is 0 Å². The lowest BCUT2D eigenvalue weighted by molar-refractivity contribution is -0.0920. The fraction of sp³-hybridized carbons (Fsp3) is 0.625. The molecule has 0 aromatic heterocycles. The lowest BCUT2D eigenvalue weighted by Gasteiger charge is -2.44. The minimum atomic E-state index is -0.785. The molecule has 0 aliphatic carbocycles. The van der Waals surface area contributed by atoms with E-state index in [-0.39, 0.29) is 10.8 Å². The quantitative estimate of drug-likeness (QED) is 0.806. The Balaban J connectivity index is 3.22. The van der Waals surface area contributed by atoms with Crippen LogP contribution < -0.4 is 0 Å². The Labute approximate surface area is 106 Å². The van der Waals surface area contributed by atoms with Gasteiger partial charge in [0.05, 0.1) is 5.60 Å². The van der Waals surface area contributed by atoms with Crippen LogP contribution in [0.1, 0.15) is 53.5 Å². The summed E-state index contributed by atoms with van der Waals surface area (Å²) in [5, 5.41) is 11.2. The smallest absolute Gasteiger partial charge is 0.0949 e. The normalized spacial score (nSPS) is 16.6. The molecule has 0 amide bonds. The topological polar surface area (TPSA) is 20.2 Å². The van der Waals surface area contributed by atoms with E-state index in [0.717, 1.165) is 12.0 Å². The van der Waals surface area contributed by atoms with Crippen molar-refractivity contribution < 1.29 is 5.11 Å². The van der Waals surface area contributed by atoms with E-state index in [2.05, 4.69) is 41.5 Å². The van der Waals surface area contributed by atoms with Gasteiger partial charge in [0.1, 0.15) is 0 Å². The Kier molecular flexibility index (Phi) is 3.73. The summed E-state index contributed by atoms with van der Waals surface area (Å²) in [7, 11) is 0. The van der Waals surface area contributed by atoms with Gasteiger partial charge in [0, 0.05) is 0 Å². The van der Waals surface area contributed by atoms with Crippen LogP contribution in [0.25, 0.3) is 0 Å². The van der Waals surface area contributed by atoms with Crippen LogP contribution in [0.5, 0.6) is 0 Å². The predicted octanol–water partition coefficient (Wildman–Crippen LogP) is 4.36. The van der Waals surface area contributed by atoms with Gasteiger partial charge < -0.3 is 5.11 Å². The third-order valence-corrected chi connectivity index (χ3v) is 3.28. The molecule has 0 bridgehead atoms. The molecular weight excluding hydrogens is 208 g/mol. The van der Waals surface area contributed by atoms with Crippen molar-refractivity contribution in [3.63, 3.8) is 0 Å². The first-order valence-corrected chi connectivity index (χ1v) is 6.34. The van der Waals surface area contributed by atoms with E-state index in [0.29, 0.717) is 0 Å². The SMILES string of the molecule is CC(C)(C)CC(O)(c1ccccc1)C(C)(C)C. The highest BCUT2D eigenvalue weighted by molar-refractivity contribution is 5.25. The summed E-state index contributed by atoms with van der Waals surface area (Å²) in [4.78, 5) is 0. The van der Waals surface area contributed by atoms with Gasteiger partial charge in [-0.2, -0.15) is 0 Å². The molecule has 0 spiro atoms. The second-order valence-corrected chi connectivity index (χ2v) is 7.21. The van der Waals surface area contributed by atoms with E-state index in [1.54, 1.807) is 0 Å². The van der Waals surface area contributed by atoms with Gasteiger partial charge in [-0.15, -0.1) is 0 Å². The van der Waals surface area contributed by atoms with Crippen LogP contribution in [0.3, 0.4) is 0 Å². The molecule has 0 radical (unpaired) electrons. The lowest BCUT2D eigenvalue weighted by Crippen LogP contribution is -2.43. The summed E-state index contributed by atoms with van der Waals surface area (Å²) in [5.74, 6) is 0. The number of rotatable bonds is 2. The second-order valence-electron chi connectivity index (χ2n) is 7.21. The van der Waals surface area contributed by atoms with Crippen molar-refractivity contribution in [2.45, 2.75) is 53.6 Å². The van der Waals surface area contributed by atoms with Gasteiger partial charge in [-0.25, -0.2) is 0 Å². The second kappa shape index (κ2) is 4.45. The average molecular weight is 234 g/mol. The van der Waals surface area contributed by atoms with E-state index < -0.39 is 5.60 Å². The maximum absolute atomic E-state index is 11.2. The highest BCUT2D eigenvalue weighted by atomic mass is 16.3. The van der Waals surface area contributed by atoms with E-state index in [1.165, 1.54) is 0 Å². The maximum Gasteiger partial charge on any atom is 0.0949 e. The predicted molar refractivity (Wildman–Crippen MR) is 73.9 cm³/mol. The minimum Gasteiger partial charge on any atom is -0.385 e. The van der Waals surface area contributed by atoms with Crippen molar-refractivity contribution in [2.24, 2.45) is 10.8 Å². The van der Waals surface area contributed by atoms with Crippen LogP contribution >= 0.6 is 0 Å². The van der Waals surface area contributed by atoms with Crippen LogP contribution in [0.2, 0.25) is 0 Å². The molecule has 1 heteroatoms. The molecule has 0 aliphatic rings. The van der Waals surface area contributed by atoms with Crippen molar-refractivity contribution in [1.29, 1.82) is 0 Å². The lowest BCUT2D eigenvalue weighted by atomic mass is 9.65. The number of benzene rings is 1. The molecule has 0 saturated carbocycles. The van der Waals surface area contributed by atoms with Crippen LogP contribution in [-0.4, -0.2) is 5.11 Å². The summed E-state index contributed by atoms with van der Waals surface area (Å²) in [6.07, 6.45) is 0.757. The first-order chi connectivity index (χ1) is 7.56. The molecule has 0 fully saturated rings. The molecular formula is C16H26O. The Morgan fingerprint density at radius 3 is 1.71 bits per heavy atom. The van der Waals surface area contributed by atoms with Crippen molar-refractivity contribution >= 4 is 0 Å². The first kappa shape index (κ1) is 14.2. The van der Waals surface area contributed by atoms with Gasteiger partial charge in [0.2, 0.25) is 0 Å². The Morgan fingerprint density at radius 1 is 0.882 bits per heavy atom. The van der Waals surface area contributed by atoms with Crippen LogP contribution in [-0.2, 0) is 5.60 Å². The monoisotopic (exact) mass is 234 g/mol. The molecule has 96 valence electrons. The first-order valence-electron chi connectivity index (χ1n) is 6.34. The number of aliphatic hydroxyl groups is 1. The molecule has 1 aromatic rings. The third kappa shape index (κ3) is 3.32. The average Bonchev–Trinajstić information content (AvgIpc) is 2.14. The van der Waals surface area contributed by atoms with Gasteiger partial charge in [0.25, 0.3) is 0 Å². The van der Waals surface area contributed by atoms with Crippen molar-refractivity contribution in [3.8, 4) is 0 Å². The maximum atomic E-state index is 11.2. The van der Waals surface area contributed by atoms with Crippen LogP contribution in [0.4, 0.5) is 0 Å². The minimum absolute atomic E-state index is 0.0951. The van der Waals surface area contributed by atoms with Gasteiger partial charge in [-0.3, -0.25) is 0 Å². The highest BCUT2D eigenvalue weighted by Crippen LogP contribution is 2.46. The summed E-state index contributed by atoms with van der Waals surface area (Å²) < 4.78 is 0. The zero-order valence-corrected chi connectivity index (χ0v) is 12.0. The molecule has 1 aromatic carbocycles. The van der Waals surface area contributed by atoms with Crippen molar-refractivity contribution in [3.05, 3.63) is 35.9 Å². The Bertz CT molecular complexity index is 353. The Morgan fingerprint density at radius 2 is 1.35 bits per heavy atom. The fourth-order valence-electron chi connectivity index (χ4n) is 2.28. The largest absolute Gasteiger partial charge is 0.385 e. The van der Waals surface area contributed by atoms with Gasteiger partial charge in [0.15, 0.2) is 0 Å². The van der Waals surface area contributed by atoms with Gasteiger partial charge in [-0.1, -0.05) is 71.9 Å². The summed E-state index contributed by atoms with van der Waals surface area (Å²) in [6, 6.07) is 10.0. The molecule has 0 aliphatic heterocycles. The summed E-state index contributed by atoms with van der Waals surface area (Å²) in [6.45, 7) is 12.8. The molecule has 17 heavy (non-hydrogen) atoms. The van der Waals surface area contributed by atoms with Gasteiger partial charge >= 0.3 is 0 Å². The van der Waals surface area contributed by atoms with E-state index in [1.807, 2.05) is 30.3 Å². The van der Waals surface area contributed by atoms with Crippen molar-refractivity contribution in [1.82, 2.24) is 0 Å². The number of hydrogen-bond acceptors (Lipinski definition) is 1.